The van der Waals surface area contributed by atoms with Gasteiger partial charge in [-0.2, -0.15) is 13.2 Å². The molecule has 126 valence electrons. The largest absolute Gasteiger partial charge is 0.416 e. The molecule has 3 saturated heterocycles. The molecule has 0 aliphatic carbocycles. The summed E-state index contributed by atoms with van der Waals surface area (Å²) in [7, 11) is 0. The molecule has 0 N–H and O–H groups in total. The fourth-order valence-corrected chi connectivity index (χ4v) is 3.66. The second-order valence-electron chi connectivity index (χ2n) is 6.65. The topological polar surface area (TPSA) is 23.6 Å². The number of benzene rings is 1. The maximum Gasteiger partial charge on any atom is 0.416 e. The van der Waals surface area contributed by atoms with E-state index < -0.39 is 11.7 Å². The molecular formula is C17H21F3N2O. The molecule has 0 unspecified atom stereocenters. The fourth-order valence-electron chi connectivity index (χ4n) is 3.66. The summed E-state index contributed by atoms with van der Waals surface area (Å²) in [6.45, 7) is 4.69. The van der Waals surface area contributed by atoms with Crippen LogP contribution in [0.25, 0.3) is 0 Å². The Kier molecular flexibility index (Phi) is 4.36. The first-order valence-corrected chi connectivity index (χ1v) is 7.98. The van der Waals surface area contributed by atoms with E-state index in [1.54, 1.807) is 19.1 Å². The number of piperidine rings is 1. The molecule has 3 heterocycles. The van der Waals surface area contributed by atoms with Crippen molar-refractivity contribution < 1.29 is 18.0 Å². The summed E-state index contributed by atoms with van der Waals surface area (Å²) in [5, 5.41) is 0. The number of amides is 1. The highest BCUT2D eigenvalue weighted by Gasteiger charge is 2.35. The minimum Gasteiger partial charge on any atom is -0.341 e. The second kappa shape index (κ2) is 6.15. The van der Waals surface area contributed by atoms with E-state index in [4.69, 9.17) is 0 Å². The number of rotatable bonds is 2. The monoisotopic (exact) mass is 326 g/mol. The highest BCUT2D eigenvalue weighted by molar-refractivity contribution is 5.73. The van der Waals surface area contributed by atoms with E-state index in [1.165, 1.54) is 0 Å². The Bertz CT molecular complexity index is 570. The molecule has 1 aromatic carbocycles. The van der Waals surface area contributed by atoms with Gasteiger partial charge in [-0.05, 0) is 36.5 Å². The normalized spacial score (nSPS) is 25.5. The summed E-state index contributed by atoms with van der Waals surface area (Å²) < 4.78 is 37.9. The Morgan fingerprint density at radius 3 is 2.43 bits per heavy atom. The van der Waals surface area contributed by atoms with E-state index in [0.717, 1.165) is 50.2 Å². The maximum absolute atomic E-state index is 12.6. The van der Waals surface area contributed by atoms with Gasteiger partial charge in [0.05, 0.1) is 5.56 Å². The highest BCUT2D eigenvalue weighted by atomic mass is 19.4. The van der Waals surface area contributed by atoms with Crippen LogP contribution < -0.4 is 0 Å². The van der Waals surface area contributed by atoms with Crippen LogP contribution in [0.2, 0.25) is 0 Å². The van der Waals surface area contributed by atoms with Gasteiger partial charge in [-0.25, -0.2) is 0 Å². The number of halogens is 3. The lowest BCUT2D eigenvalue weighted by Gasteiger charge is -2.36. The SMILES string of the molecule is CC(=O)N1C[C@H]2CC[C@@H](C1)N(Cc1ccc(C(F)(F)F)cc1)C2. The molecule has 2 atom stereocenters. The van der Waals surface area contributed by atoms with E-state index in [-0.39, 0.29) is 5.91 Å². The molecule has 1 amide bonds. The first kappa shape index (κ1) is 16.3. The molecule has 0 aromatic heterocycles. The number of hydrogen-bond acceptors (Lipinski definition) is 2. The van der Waals surface area contributed by atoms with Crippen molar-refractivity contribution in [1.29, 1.82) is 0 Å². The number of hydrogen-bond donors (Lipinski definition) is 0. The van der Waals surface area contributed by atoms with Crippen LogP contribution in [-0.2, 0) is 17.5 Å². The Hall–Kier alpha value is -1.56. The number of fused-ring (bicyclic) bond motifs is 4. The Balaban J connectivity index is 1.70. The molecule has 3 nitrogen and oxygen atoms in total. The van der Waals surface area contributed by atoms with Gasteiger partial charge in [0.2, 0.25) is 5.91 Å². The zero-order valence-electron chi connectivity index (χ0n) is 13.1. The van der Waals surface area contributed by atoms with Crippen molar-refractivity contribution >= 4 is 5.91 Å². The lowest BCUT2D eigenvalue weighted by Crippen LogP contribution is -2.43. The molecule has 0 saturated carbocycles. The minimum absolute atomic E-state index is 0.110. The molecule has 6 heteroatoms. The molecule has 1 aromatic rings. The van der Waals surface area contributed by atoms with Gasteiger partial charge in [0.15, 0.2) is 0 Å². The van der Waals surface area contributed by atoms with Crippen molar-refractivity contribution in [2.24, 2.45) is 5.92 Å². The summed E-state index contributed by atoms with van der Waals surface area (Å²) in [5.74, 6) is 0.574. The molecule has 0 spiro atoms. The van der Waals surface area contributed by atoms with E-state index in [9.17, 15) is 18.0 Å². The van der Waals surface area contributed by atoms with E-state index in [2.05, 4.69) is 4.90 Å². The molecule has 23 heavy (non-hydrogen) atoms. The Labute approximate surface area is 134 Å². The van der Waals surface area contributed by atoms with Gasteiger partial charge in [0.1, 0.15) is 0 Å². The lowest BCUT2D eigenvalue weighted by atomic mass is 9.94. The van der Waals surface area contributed by atoms with Crippen LogP contribution in [0.15, 0.2) is 24.3 Å². The van der Waals surface area contributed by atoms with Gasteiger partial charge < -0.3 is 4.90 Å². The van der Waals surface area contributed by atoms with Crippen LogP contribution in [0, 0.1) is 5.92 Å². The average Bonchev–Trinajstić information content (AvgIpc) is 2.79. The van der Waals surface area contributed by atoms with Crippen molar-refractivity contribution in [3.8, 4) is 0 Å². The van der Waals surface area contributed by atoms with Crippen LogP contribution in [0.3, 0.4) is 0 Å². The molecular weight excluding hydrogens is 305 g/mol. The van der Waals surface area contributed by atoms with Gasteiger partial charge in [0.25, 0.3) is 0 Å². The number of carbonyl (C=O) groups is 1. The number of alkyl halides is 3. The Morgan fingerprint density at radius 1 is 1.13 bits per heavy atom. The molecule has 2 bridgehead atoms. The van der Waals surface area contributed by atoms with Gasteiger partial charge in [0, 0.05) is 39.1 Å². The minimum atomic E-state index is -4.29. The predicted molar refractivity (Wildman–Crippen MR) is 80.6 cm³/mol. The van der Waals surface area contributed by atoms with E-state index in [1.807, 2.05) is 4.90 Å². The molecule has 0 radical (unpaired) electrons. The first-order chi connectivity index (χ1) is 10.8. The van der Waals surface area contributed by atoms with Crippen molar-refractivity contribution in [3.05, 3.63) is 35.4 Å². The smallest absolute Gasteiger partial charge is 0.341 e. The zero-order valence-corrected chi connectivity index (χ0v) is 13.1. The van der Waals surface area contributed by atoms with Crippen LogP contribution in [0.5, 0.6) is 0 Å². The summed E-state index contributed by atoms with van der Waals surface area (Å²) in [6.07, 6.45) is -2.12. The van der Waals surface area contributed by atoms with Gasteiger partial charge in [-0.3, -0.25) is 9.69 Å². The zero-order chi connectivity index (χ0) is 16.6. The van der Waals surface area contributed by atoms with Crippen molar-refractivity contribution in [3.63, 3.8) is 0 Å². The summed E-state index contributed by atoms with van der Waals surface area (Å²) in [4.78, 5) is 15.9. The van der Waals surface area contributed by atoms with E-state index >= 15 is 0 Å². The third-order valence-corrected chi connectivity index (χ3v) is 4.94. The Morgan fingerprint density at radius 2 is 1.83 bits per heavy atom. The quantitative estimate of drug-likeness (QED) is 0.833. The highest BCUT2D eigenvalue weighted by Crippen LogP contribution is 2.31. The summed E-state index contributed by atoms with van der Waals surface area (Å²) >= 11 is 0. The van der Waals surface area contributed by atoms with Crippen molar-refractivity contribution in [2.45, 2.75) is 38.5 Å². The van der Waals surface area contributed by atoms with Crippen LogP contribution in [0.1, 0.15) is 30.9 Å². The molecule has 4 rings (SSSR count). The van der Waals surface area contributed by atoms with Gasteiger partial charge >= 0.3 is 6.18 Å². The third kappa shape index (κ3) is 3.68. The van der Waals surface area contributed by atoms with Gasteiger partial charge in [-0.15, -0.1) is 0 Å². The second-order valence-corrected chi connectivity index (χ2v) is 6.65. The number of carbonyl (C=O) groups excluding carboxylic acids is 1. The molecule has 3 fully saturated rings. The number of nitrogens with zero attached hydrogens (tertiary/aromatic N) is 2. The van der Waals surface area contributed by atoms with Crippen LogP contribution in [0.4, 0.5) is 13.2 Å². The average molecular weight is 326 g/mol. The fraction of sp³-hybridized carbons (Fsp3) is 0.588. The molecule has 3 aliphatic heterocycles. The van der Waals surface area contributed by atoms with E-state index in [0.29, 0.717) is 18.5 Å². The standard InChI is InChI=1S/C17H21F3N2O/c1-12(23)21-9-14-4-7-16(11-21)22(10-14)8-13-2-5-15(6-3-13)17(18,19)20/h2-3,5-6,14,16H,4,7-11H2,1H3/t14-,16+/m1/s1. The van der Waals surface area contributed by atoms with Crippen LogP contribution in [-0.4, -0.2) is 41.4 Å². The van der Waals surface area contributed by atoms with Crippen LogP contribution >= 0.6 is 0 Å². The summed E-state index contributed by atoms with van der Waals surface area (Å²) in [5.41, 5.74) is 0.279. The first-order valence-electron chi connectivity index (χ1n) is 7.98. The van der Waals surface area contributed by atoms with Crippen molar-refractivity contribution in [2.75, 3.05) is 19.6 Å². The van der Waals surface area contributed by atoms with Gasteiger partial charge in [-0.1, -0.05) is 12.1 Å². The lowest BCUT2D eigenvalue weighted by molar-refractivity contribution is -0.137. The predicted octanol–water partition coefficient (Wildman–Crippen LogP) is 3.15. The maximum atomic E-state index is 12.6. The molecule has 3 aliphatic rings. The third-order valence-electron chi connectivity index (χ3n) is 4.94. The summed E-state index contributed by atoms with van der Waals surface area (Å²) in [6, 6.07) is 5.72. The van der Waals surface area contributed by atoms with Crippen molar-refractivity contribution in [1.82, 2.24) is 9.80 Å².